The molecule has 1 atom stereocenters. The molecule has 0 aliphatic carbocycles. The summed E-state index contributed by atoms with van der Waals surface area (Å²) in [6, 6.07) is 8.37. The lowest BCUT2D eigenvalue weighted by atomic mass is 9.84. The van der Waals surface area contributed by atoms with Crippen LogP contribution in [0.2, 0.25) is 0 Å². The minimum atomic E-state index is 0.0766. The number of rotatable bonds is 6. The van der Waals surface area contributed by atoms with Crippen molar-refractivity contribution in [2.45, 2.75) is 40.5 Å². The fourth-order valence-corrected chi connectivity index (χ4v) is 4.00. The first-order valence-electron chi connectivity index (χ1n) is 10.6. The topological polar surface area (TPSA) is 36.0 Å². The molecule has 1 aromatic carbocycles. The van der Waals surface area contributed by atoms with Crippen LogP contribution in [0.5, 0.6) is 5.75 Å². The number of nitrogens with zero attached hydrogens (tertiary/aromatic N) is 3. The highest BCUT2D eigenvalue weighted by molar-refractivity contribution is 5.74. The van der Waals surface area contributed by atoms with Crippen LogP contribution in [-0.4, -0.2) is 62.2 Å². The normalized spacial score (nSPS) is 17.4. The summed E-state index contributed by atoms with van der Waals surface area (Å²) in [5.74, 6) is 3.92. The summed E-state index contributed by atoms with van der Waals surface area (Å²) in [6.07, 6.45) is 7.02. The fraction of sp³-hybridized carbons (Fsp3) is 0.625. The highest BCUT2D eigenvalue weighted by Crippen LogP contribution is 2.29. The van der Waals surface area contributed by atoms with Gasteiger partial charge in [0.15, 0.2) is 0 Å². The van der Waals surface area contributed by atoms with Crippen LogP contribution in [0.15, 0.2) is 24.3 Å². The molecular formula is C24H37N3O2. The van der Waals surface area contributed by atoms with Gasteiger partial charge in [-0.3, -0.25) is 0 Å². The van der Waals surface area contributed by atoms with E-state index in [0.29, 0.717) is 32.0 Å². The number of terminal acetylenes is 1. The Balaban J connectivity index is 2.16. The van der Waals surface area contributed by atoms with Crippen LogP contribution in [-0.2, 0) is 0 Å². The minimum Gasteiger partial charge on any atom is -0.494 e. The molecule has 0 radical (unpaired) electrons. The second kappa shape index (κ2) is 10.4. The summed E-state index contributed by atoms with van der Waals surface area (Å²) in [7, 11) is 1.84. The quantitative estimate of drug-likeness (QED) is 0.668. The molecular weight excluding hydrogens is 362 g/mol. The predicted molar refractivity (Wildman–Crippen MR) is 120 cm³/mol. The Bertz CT molecular complexity index is 688. The number of carbonyl (C=O) groups is 1. The Morgan fingerprint density at radius 3 is 2.52 bits per heavy atom. The van der Waals surface area contributed by atoms with Gasteiger partial charge in [0.2, 0.25) is 0 Å². The highest BCUT2D eigenvalue weighted by Gasteiger charge is 2.30. The maximum Gasteiger partial charge on any atom is 0.319 e. The summed E-state index contributed by atoms with van der Waals surface area (Å²) in [5, 5.41) is 0. The van der Waals surface area contributed by atoms with Crippen molar-refractivity contribution in [3.63, 3.8) is 0 Å². The van der Waals surface area contributed by atoms with Crippen LogP contribution in [0, 0.1) is 23.7 Å². The lowest BCUT2D eigenvalue weighted by Gasteiger charge is -2.31. The van der Waals surface area contributed by atoms with E-state index in [4.69, 9.17) is 11.2 Å². The summed E-state index contributed by atoms with van der Waals surface area (Å²) >= 11 is 0. The molecule has 1 fully saturated rings. The highest BCUT2D eigenvalue weighted by atomic mass is 16.5. The van der Waals surface area contributed by atoms with Crippen molar-refractivity contribution in [2.24, 2.45) is 11.3 Å². The fourth-order valence-electron chi connectivity index (χ4n) is 4.00. The molecule has 1 heterocycles. The van der Waals surface area contributed by atoms with Crippen molar-refractivity contribution in [3.8, 4) is 18.1 Å². The second-order valence-electron chi connectivity index (χ2n) is 9.11. The summed E-state index contributed by atoms with van der Waals surface area (Å²) in [5.41, 5.74) is 1.39. The molecule has 0 bridgehead atoms. The monoisotopic (exact) mass is 399 g/mol. The van der Waals surface area contributed by atoms with E-state index in [-0.39, 0.29) is 11.4 Å². The minimum absolute atomic E-state index is 0.0766. The van der Waals surface area contributed by atoms with E-state index in [1.54, 1.807) is 4.90 Å². The lowest BCUT2D eigenvalue weighted by Crippen LogP contribution is -2.44. The van der Waals surface area contributed by atoms with Crippen LogP contribution >= 0.6 is 0 Å². The summed E-state index contributed by atoms with van der Waals surface area (Å²) in [4.78, 5) is 19.1. The number of benzene rings is 1. The average molecular weight is 400 g/mol. The summed E-state index contributed by atoms with van der Waals surface area (Å²) < 4.78 is 5.58. The molecule has 5 heteroatoms. The van der Waals surface area contributed by atoms with Crippen molar-refractivity contribution in [3.05, 3.63) is 24.3 Å². The van der Waals surface area contributed by atoms with Gasteiger partial charge in [-0.2, -0.15) is 0 Å². The van der Waals surface area contributed by atoms with Gasteiger partial charge in [0.25, 0.3) is 0 Å². The van der Waals surface area contributed by atoms with E-state index in [9.17, 15) is 4.79 Å². The van der Waals surface area contributed by atoms with Crippen LogP contribution in [0.3, 0.4) is 0 Å². The van der Waals surface area contributed by atoms with E-state index in [1.165, 1.54) is 5.69 Å². The first-order valence-corrected chi connectivity index (χ1v) is 10.6. The molecule has 1 aromatic rings. The number of urea groups is 1. The zero-order valence-corrected chi connectivity index (χ0v) is 18.8. The maximum absolute atomic E-state index is 13.0. The van der Waals surface area contributed by atoms with Gasteiger partial charge in [0, 0.05) is 51.9 Å². The van der Waals surface area contributed by atoms with Gasteiger partial charge in [-0.25, -0.2) is 4.79 Å². The Labute approximate surface area is 177 Å². The molecule has 1 aliphatic heterocycles. The molecule has 0 saturated carbocycles. The molecule has 0 N–H and O–H groups in total. The second-order valence-corrected chi connectivity index (χ2v) is 9.11. The molecule has 1 aliphatic rings. The van der Waals surface area contributed by atoms with E-state index in [0.717, 1.165) is 31.8 Å². The van der Waals surface area contributed by atoms with Crippen molar-refractivity contribution < 1.29 is 9.53 Å². The van der Waals surface area contributed by atoms with E-state index in [1.807, 2.05) is 31.0 Å². The number of anilines is 1. The van der Waals surface area contributed by atoms with E-state index < -0.39 is 0 Å². The van der Waals surface area contributed by atoms with Gasteiger partial charge in [0.05, 0.1) is 6.61 Å². The van der Waals surface area contributed by atoms with Crippen molar-refractivity contribution in [1.29, 1.82) is 0 Å². The zero-order chi connectivity index (χ0) is 21.4. The number of hydrogen-bond donors (Lipinski definition) is 0. The van der Waals surface area contributed by atoms with Gasteiger partial charge in [-0.05, 0) is 48.9 Å². The maximum atomic E-state index is 13.0. The molecule has 2 amide bonds. The van der Waals surface area contributed by atoms with Gasteiger partial charge < -0.3 is 19.4 Å². The first-order chi connectivity index (χ1) is 13.7. The van der Waals surface area contributed by atoms with Crippen molar-refractivity contribution >= 4 is 11.7 Å². The zero-order valence-electron chi connectivity index (χ0n) is 18.8. The van der Waals surface area contributed by atoms with Crippen LogP contribution in [0.25, 0.3) is 0 Å². The van der Waals surface area contributed by atoms with Gasteiger partial charge in [-0.1, -0.05) is 20.8 Å². The standard InChI is InChI=1S/C24H37N3O2/c1-7-9-14-25(6)23(28)27-16-15-26(18-20(19-27)17-24(3,4)5)21-10-12-22(13-11-21)29-8-2/h1,10-13,20H,8-9,14-19H2,2-6H3/t20-/m0/s1. The van der Waals surface area contributed by atoms with Crippen molar-refractivity contribution in [2.75, 3.05) is 51.3 Å². The van der Waals surface area contributed by atoms with E-state index in [2.05, 4.69) is 43.7 Å². The smallest absolute Gasteiger partial charge is 0.319 e. The van der Waals surface area contributed by atoms with Gasteiger partial charge >= 0.3 is 6.03 Å². The average Bonchev–Trinajstić information content (AvgIpc) is 2.87. The third kappa shape index (κ3) is 7.20. The molecule has 0 aromatic heterocycles. The third-order valence-corrected chi connectivity index (χ3v) is 5.20. The van der Waals surface area contributed by atoms with Gasteiger partial charge in [0.1, 0.15) is 5.75 Å². The number of ether oxygens (including phenoxy) is 1. The van der Waals surface area contributed by atoms with Crippen LogP contribution < -0.4 is 9.64 Å². The van der Waals surface area contributed by atoms with Crippen molar-refractivity contribution in [1.82, 2.24) is 9.80 Å². The Hall–Kier alpha value is -2.35. The molecule has 1 saturated heterocycles. The molecule has 2 rings (SSSR count). The Kier molecular flexibility index (Phi) is 8.25. The molecule has 29 heavy (non-hydrogen) atoms. The largest absolute Gasteiger partial charge is 0.494 e. The molecule has 0 unspecified atom stereocenters. The SMILES string of the molecule is C#CCCN(C)C(=O)N1CCN(c2ccc(OCC)cc2)C[C@H](CC(C)(C)C)C1. The van der Waals surface area contributed by atoms with Gasteiger partial charge in [-0.15, -0.1) is 12.3 Å². The predicted octanol–water partition coefficient (Wildman–Crippen LogP) is 4.33. The van der Waals surface area contributed by atoms with Crippen LogP contribution in [0.4, 0.5) is 10.5 Å². The van der Waals surface area contributed by atoms with E-state index >= 15 is 0 Å². The number of carbonyl (C=O) groups excluding carboxylic acids is 1. The lowest BCUT2D eigenvalue weighted by molar-refractivity contribution is 0.154. The first kappa shape index (κ1) is 22.9. The number of hydrogen-bond acceptors (Lipinski definition) is 3. The number of amides is 2. The summed E-state index contributed by atoms with van der Waals surface area (Å²) in [6.45, 7) is 13.3. The molecule has 5 nitrogen and oxygen atoms in total. The Morgan fingerprint density at radius 2 is 1.93 bits per heavy atom. The molecule has 160 valence electrons. The molecule has 0 spiro atoms. The Morgan fingerprint density at radius 1 is 1.24 bits per heavy atom. The third-order valence-electron chi connectivity index (χ3n) is 5.20. The van der Waals surface area contributed by atoms with Crippen LogP contribution in [0.1, 0.15) is 40.5 Å².